The maximum Gasteiger partial charge on any atom is 0.187 e. The Morgan fingerprint density at radius 1 is 1.29 bits per heavy atom. The van der Waals surface area contributed by atoms with Gasteiger partial charge in [0.25, 0.3) is 0 Å². The molecule has 2 aromatic heterocycles. The van der Waals surface area contributed by atoms with E-state index in [2.05, 4.69) is 34.1 Å². The van der Waals surface area contributed by atoms with Gasteiger partial charge in [-0.25, -0.2) is 15.0 Å². The molecular weight excluding hydrogens is 266 g/mol. The van der Waals surface area contributed by atoms with Crippen LogP contribution in [0.3, 0.4) is 0 Å². The van der Waals surface area contributed by atoms with Crippen LogP contribution in [0.15, 0.2) is 12.4 Å². The van der Waals surface area contributed by atoms with Crippen molar-refractivity contribution in [3.05, 3.63) is 29.3 Å². The number of pyridine rings is 1. The molecule has 0 amide bonds. The number of rotatable bonds is 3. The topological polar surface area (TPSA) is 86.0 Å². The lowest BCUT2D eigenvalue weighted by Gasteiger charge is -2.17. The highest BCUT2D eigenvalue weighted by Gasteiger charge is 2.23. The molecule has 1 aliphatic heterocycles. The second-order valence-corrected chi connectivity index (χ2v) is 5.47. The van der Waals surface area contributed by atoms with E-state index in [1.807, 2.05) is 6.20 Å². The zero-order valence-corrected chi connectivity index (χ0v) is 12.5. The van der Waals surface area contributed by atoms with E-state index in [0.717, 1.165) is 35.7 Å². The molecule has 3 rings (SSSR count). The van der Waals surface area contributed by atoms with Crippen LogP contribution in [0, 0.1) is 6.92 Å². The lowest BCUT2D eigenvalue weighted by atomic mass is 10.0. The Bertz CT molecular complexity index is 684. The third-order valence-corrected chi connectivity index (χ3v) is 3.56. The normalized spacial score (nSPS) is 13.1. The Kier molecular flexibility index (Phi) is 3.37. The summed E-state index contributed by atoms with van der Waals surface area (Å²) in [6, 6.07) is 0. The molecule has 1 aliphatic rings. The van der Waals surface area contributed by atoms with Gasteiger partial charge in [-0.3, -0.25) is 0 Å². The summed E-state index contributed by atoms with van der Waals surface area (Å²) >= 11 is 0. The number of hydrogen-bond donors (Lipinski definition) is 2. The first-order valence-corrected chi connectivity index (χ1v) is 7.09. The highest BCUT2D eigenvalue weighted by molar-refractivity contribution is 5.61. The second-order valence-electron chi connectivity index (χ2n) is 5.47. The van der Waals surface area contributed by atoms with E-state index in [-0.39, 0.29) is 0 Å². The van der Waals surface area contributed by atoms with Crippen LogP contribution < -0.4 is 15.8 Å². The van der Waals surface area contributed by atoms with Crippen LogP contribution in [0.25, 0.3) is 0 Å². The standard InChI is InChI=1S/C15H19N5O/c1-8(2)11-6-19-15-10(4-5-17-15)13(11)21-12-7-18-9(3)20-14(12)16/h6-8H,4-5H2,1-3H3,(H,17,19)(H2,16,18,20). The molecule has 3 N–H and O–H groups in total. The van der Waals surface area contributed by atoms with Crippen molar-refractivity contribution in [2.24, 2.45) is 0 Å². The number of hydrogen-bond acceptors (Lipinski definition) is 6. The number of aryl methyl sites for hydroxylation is 1. The number of nitrogens with zero attached hydrogens (tertiary/aromatic N) is 3. The number of fused-ring (bicyclic) bond motifs is 1. The smallest absolute Gasteiger partial charge is 0.187 e. The van der Waals surface area contributed by atoms with Gasteiger partial charge in [-0.1, -0.05) is 13.8 Å². The monoisotopic (exact) mass is 285 g/mol. The van der Waals surface area contributed by atoms with Gasteiger partial charge in [0, 0.05) is 23.9 Å². The lowest BCUT2D eigenvalue weighted by molar-refractivity contribution is 0.465. The molecule has 2 aromatic rings. The summed E-state index contributed by atoms with van der Waals surface area (Å²) in [6.45, 7) is 6.91. The maximum atomic E-state index is 6.07. The van der Waals surface area contributed by atoms with Gasteiger partial charge in [0.05, 0.1) is 6.20 Å². The molecule has 0 aliphatic carbocycles. The van der Waals surface area contributed by atoms with E-state index in [1.54, 1.807) is 13.1 Å². The van der Waals surface area contributed by atoms with Gasteiger partial charge in [-0.15, -0.1) is 0 Å². The van der Waals surface area contributed by atoms with Crippen molar-refractivity contribution in [3.8, 4) is 11.5 Å². The number of nitrogen functional groups attached to an aromatic ring is 1. The highest BCUT2D eigenvalue weighted by Crippen LogP contribution is 2.39. The van der Waals surface area contributed by atoms with Gasteiger partial charge < -0.3 is 15.8 Å². The minimum Gasteiger partial charge on any atom is -0.451 e. The van der Waals surface area contributed by atoms with E-state index in [1.165, 1.54) is 0 Å². The third-order valence-electron chi connectivity index (χ3n) is 3.56. The molecule has 6 heteroatoms. The SMILES string of the molecule is Cc1ncc(Oc2c(C(C)C)cnc3c2CCN3)c(N)n1. The zero-order chi connectivity index (χ0) is 15.0. The molecule has 0 aromatic carbocycles. The summed E-state index contributed by atoms with van der Waals surface area (Å²) in [5.74, 6) is 3.51. The molecule has 0 saturated carbocycles. The fraction of sp³-hybridized carbons (Fsp3) is 0.400. The Labute approximate surface area is 123 Å². The first-order valence-electron chi connectivity index (χ1n) is 7.09. The Morgan fingerprint density at radius 3 is 2.81 bits per heavy atom. The maximum absolute atomic E-state index is 6.07. The van der Waals surface area contributed by atoms with Crippen molar-refractivity contribution in [2.45, 2.75) is 33.1 Å². The quantitative estimate of drug-likeness (QED) is 0.901. The second kappa shape index (κ2) is 5.20. The molecule has 3 heterocycles. The predicted octanol–water partition coefficient (Wildman–Crippen LogP) is 2.65. The van der Waals surface area contributed by atoms with Gasteiger partial charge in [0.2, 0.25) is 0 Å². The summed E-state index contributed by atoms with van der Waals surface area (Å²) in [7, 11) is 0. The number of nitrogens with two attached hydrogens (primary N) is 1. The van der Waals surface area contributed by atoms with Crippen molar-refractivity contribution >= 4 is 11.6 Å². The van der Waals surface area contributed by atoms with Crippen molar-refractivity contribution in [1.82, 2.24) is 15.0 Å². The Hall–Kier alpha value is -2.37. The molecule has 0 radical (unpaired) electrons. The number of anilines is 2. The van der Waals surface area contributed by atoms with Gasteiger partial charge in [0.1, 0.15) is 17.4 Å². The van der Waals surface area contributed by atoms with Gasteiger partial charge in [-0.05, 0) is 19.3 Å². The van der Waals surface area contributed by atoms with Gasteiger partial charge in [0.15, 0.2) is 11.6 Å². The van der Waals surface area contributed by atoms with Gasteiger partial charge >= 0.3 is 0 Å². The fourth-order valence-electron chi connectivity index (χ4n) is 2.44. The number of aromatic nitrogens is 3. The number of nitrogens with one attached hydrogen (secondary N) is 1. The molecule has 0 spiro atoms. The van der Waals surface area contributed by atoms with Crippen LogP contribution in [-0.4, -0.2) is 21.5 Å². The van der Waals surface area contributed by atoms with E-state index in [9.17, 15) is 0 Å². The molecule has 0 saturated heterocycles. The van der Waals surface area contributed by atoms with Crippen LogP contribution in [0.2, 0.25) is 0 Å². The molecular formula is C15H19N5O. The Balaban J connectivity index is 2.06. The van der Waals surface area contributed by atoms with Crippen molar-refractivity contribution < 1.29 is 4.74 Å². The minimum atomic E-state index is 0.311. The number of ether oxygens (including phenoxy) is 1. The third kappa shape index (κ3) is 2.49. The summed E-state index contributed by atoms with van der Waals surface area (Å²) in [5, 5.41) is 3.26. The fourth-order valence-corrected chi connectivity index (χ4v) is 2.44. The van der Waals surface area contributed by atoms with E-state index < -0.39 is 0 Å². The average Bonchev–Trinajstić information content (AvgIpc) is 2.90. The zero-order valence-electron chi connectivity index (χ0n) is 12.5. The van der Waals surface area contributed by atoms with Crippen LogP contribution in [0.5, 0.6) is 11.5 Å². The largest absolute Gasteiger partial charge is 0.451 e. The summed E-state index contributed by atoms with van der Waals surface area (Å²) in [6.07, 6.45) is 4.38. The molecule has 0 unspecified atom stereocenters. The molecule has 0 bridgehead atoms. The van der Waals surface area contributed by atoms with Crippen molar-refractivity contribution in [3.63, 3.8) is 0 Å². The average molecular weight is 285 g/mol. The van der Waals surface area contributed by atoms with E-state index in [4.69, 9.17) is 10.5 Å². The Morgan fingerprint density at radius 2 is 2.10 bits per heavy atom. The summed E-state index contributed by atoms with van der Waals surface area (Å²) in [5.41, 5.74) is 8.10. The van der Waals surface area contributed by atoms with E-state index >= 15 is 0 Å². The van der Waals surface area contributed by atoms with Crippen LogP contribution >= 0.6 is 0 Å². The first-order chi connectivity index (χ1) is 10.1. The van der Waals surface area contributed by atoms with Crippen molar-refractivity contribution in [2.75, 3.05) is 17.6 Å². The van der Waals surface area contributed by atoms with Crippen molar-refractivity contribution in [1.29, 1.82) is 0 Å². The minimum absolute atomic E-state index is 0.311. The van der Waals surface area contributed by atoms with Crippen LogP contribution in [0.1, 0.15) is 36.7 Å². The molecule has 6 nitrogen and oxygen atoms in total. The first kappa shape index (κ1) is 13.6. The lowest BCUT2D eigenvalue weighted by Crippen LogP contribution is -2.03. The molecule has 110 valence electrons. The molecule has 0 atom stereocenters. The predicted molar refractivity (Wildman–Crippen MR) is 81.8 cm³/mol. The van der Waals surface area contributed by atoms with Crippen LogP contribution in [-0.2, 0) is 6.42 Å². The highest BCUT2D eigenvalue weighted by atomic mass is 16.5. The van der Waals surface area contributed by atoms with Gasteiger partial charge in [-0.2, -0.15) is 0 Å². The summed E-state index contributed by atoms with van der Waals surface area (Å²) in [4.78, 5) is 12.8. The summed E-state index contributed by atoms with van der Waals surface area (Å²) < 4.78 is 6.07. The van der Waals surface area contributed by atoms with Crippen LogP contribution in [0.4, 0.5) is 11.6 Å². The van der Waals surface area contributed by atoms with E-state index in [0.29, 0.717) is 23.3 Å². The molecule has 0 fully saturated rings. The molecule has 21 heavy (non-hydrogen) atoms.